The first-order valence-electron chi connectivity index (χ1n) is 5.86. The Morgan fingerprint density at radius 2 is 2.05 bits per heavy atom. The van der Waals surface area contributed by atoms with Crippen LogP contribution in [-0.2, 0) is 5.75 Å². The molecule has 5 nitrogen and oxygen atoms in total. The molecule has 0 saturated carbocycles. The van der Waals surface area contributed by atoms with Crippen molar-refractivity contribution in [2.45, 2.75) is 31.7 Å². The first kappa shape index (κ1) is 12.6. The van der Waals surface area contributed by atoms with Gasteiger partial charge in [0.25, 0.3) is 5.78 Å². The van der Waals surface area contributed by atoms with Crippen LogP contribution in [0.5, 0.6) is 0 Å². The first-order chi connectivity index (χ1) is 9.13. The normalized spacial score (nSPS) is 11.3. The summed E-state index contributed by atoms with van der Waals surface area (Å²) in [7, 11) is 0. The lowest BCUT2D eigenvalue weighted by Gasteiger charge is -2.03. The minimum absolute atomic E-state index is 0.662. The highest BCUT2D eigenvalue weighted by molar-refractivity contribution is 7.98. The van der Waals surface area contributed by atoms with Gasteiger partial charge >= 0.3 is 0 Å². The summed E-state index contributed by atoms with van der Waals surface area (Å²) in [5.41, 5.74) is 3.15. The molecule has 0 radical (unpaired) electrons. The van der Waals surface area contributed by atoms with E-state index >= 15 is 0 Å². The SMILES string of the molecule is Cc1cc(C)n2c(SCc3csc(C)n3)nnc2n1. The van der Waals surface area contributed by atoms with E-state index in [1.165, 1.54) is 0 Å². The van der Waals surface area contributed by atoms with Crippen LogP contribution in [-0.4, -0.2) is 24.6 Å². The van der Waals surface area contributed by atoms with E-state index in [1.54, 1.807) is 23.1 Å². The Morgan fingerprint density at radius 1 is 1.21 bits per heavy atom. The molecule has 0 N–H and O–H groups in total. The van der Waals surface area contributed by atoms with Crippen molar-refractivity contribution in [2.24, 2.45) is 0 Å². The maximum Gasteiger partial charge on any atom is 0.256 e. The van der Waals surface area contributed by atoms with Gasteiger partial charge in [-0.2, -0.15) is 0 Å². The van der Waals surface area contributed by atoms with Crippen LogP contribution in [0, 0.1) is 20.8 Å². The molecule has 0 aliphatic heterocycles. The zero-order chi connectivity index (χ0) is 13.4. The summed E-state index contributed by atoms with van der Waals surface area (Å²) < 4.78 is 1.98. The molecule has 0 unspecified atom stereocenters. The molecule has 3 heterocycles. The van der Waals surface area contributed by atoms with Gasteiger partial charge in [0.15, 0.2) is 5.16 Å². The molecule has 0 aliphatic carbocycles. The van der Waals surface area contributed by atoms with Gasteiger partial charge in [0, 0.05) is 22.5 Å². The van der Waals surface area contributed by atoms with E-state index in [0.29, 0.717) is 5.78 Å². The highest BCUT2D eigenvalue weighted by Gasteiger charge is 2.10. The van der Waals surface area contributed by atoms with Crippen molar-refractivity contribution in [1.29, 1.82) is 0 Å². The van der Waals surface area contributed by atoms with Gasteiger partial charge in [-0.05, 0) is 26.8 Å². The monoisotopic (exact) mass is 291 g/mol. The summed E-state index contributed by atoms with van der Waals surface area (Å²) in [6, 6.07) is 2.04. The molecule has 0 atom stereocenters. The number of fused-ring (bicyclic) bond motifs is 1. The zero-order valence-electron chi connectivity index (χ0n) is 10.9. The Morgan fingerprint density at radius 3 is 2.79 bits per heavy atom. The van der Waals surface area contributed by atoms with Gasteiger partial charge in [-0.25, -0.2) is 9.97 Å². The van der Waals surface area contributed by atoms with Crippen molar-refractivity contribution in [1.82, 2.24) is 24.6 Å². The molecule has 98 valence electrons. The minimum atomic E-state index is 0.662. The summed E-state index contributed by atoms with van der Waals surface area (Å²) in [6.07, 6.45) is 0. The van der Waals surface area contributed by atoms with Crippen molar-refractivity contribution >= 4 is 28.9 Å². The third kappa shape index (κ3) is 2.48. The van der Waals surface area contributed by atoms with E-state index in [-0.39, 0.29) is 0 Å². The third-order valence-electron chi connectivity index (χ3n) is 2.68. The third-order valence-corrected chi connectivity index (χ3v) is 4.46. The van der Waals surface area contributed by atoms with E-state index in [2.05, 4.69) is 25.5 Å². The van der Waals surface area contributed by atoms with E-state index in [9.17, 15) is 0 Å². The molecule has 0 bridgehead atoms. The number of rotatable bonds is 3. The van der Waals surface area contributed by atoms with Crippen LogP contribution < -0.4 is 0 Å². The first-order valence-corrected chi connectivity index (χ1v) is 7.73. The number of thioether (sulfide) groups is 1. The molecule has 0 saturated heterocycles. The fourth-order valence-electron chi connectivity index (χ4n) is 1.91. The van der Waals surface area contributed by atoms with Crippen molar-refractivity contribution in [3.63, 3.8) is 0 Å². The van der Waals surface area contributed by atoms with Crippen LogP contribution in [0.1, 0.15) is 22.1 Å². The Kier molecular flexibility index (Phi) is 3.24. The zero-order valence-corrected chi connectivity index (χ0v) is 12.5. The van der Waals surface area contributed by atoms with Gasteiger partial charge < -0.3 is 0 Å². The lowest BCUT2D eigenvalue weighted by Crippen LogP contribution is -1.97. The number of aryl methyl sites for hydroxylation is 3. The van der Waals surface area contributed by atoms with Crippen molar-refractivity contribution in [3.05, 3.63) is 33.5 Å². The smallest absolute Gasteiger partial charge is 0.256 e. The van der Waals surface area contributed by atoms with Gasteiger partial charge in [0.05, 0.1) is 10.7 Å². The molecule has 0 amide bonds. The summed E-state index contributed by atoms with van der Waals surface area (Å²) in [5, 5.41) is 12.4. The maximum atomic E-state index is 4.45. The molecule has 19 heavy (non-hydrogen) atoms. The quantitative estimate of drug-likeness (QED) is 0.695. The molecular formula is C12H13N5S2. The number of aromatic nitrogens is 5. The van der Waals surface area contributed by atoms with Crippen LogP contribution >= 0.6 is 23.1 Å². The Labute approximate surface area is 119 Å². The maximum absolute atomic E-state index is 4.45. The average Bonchev–Trinajstić information content (AvgIpc) is 2.93. The van der Waals surface area contributed by atoms with Crippen LogP contribution in [0.15, 0.2) is 16.6 Å². The minimum Gasteiger partial charge on any atom is -0.259 e. The Hall–Kier alpha value is -1.47. The van der Waals surface area contributed by atoms with Gasteiger partial charge in [0.1, 0.15) is 0 Å². The topological polar surface area (TPSA) is 56.0 Å². The van der Waals surface area contributed by atoms with Gasteiger partial charge in [0.2, 0.25) is 0 Å². The number of thiazole rings is 1. The number of hydrogen-bond acceptors (Lipinski definition) is 6. The predicted octanol–water partition coefficient (Wildman–Crippen LogP) is 2.80. The van der Waals surface area contributed by atoms with E-state index in [0.717, 1.165) is 33.0 Å². The highest BCUT2D eigenvalue weighted by Crippen LogP contribution is 2.23. The Balaban J connectivity index is 1.89. The fraction of sp³-hybridized carbons (Fsp3) is 0.333. The summed E-state index contributed by atoms with van der Waals surface area (Å²) in [6.45, 7) is 6.02. The average molecular weight is 291 g/mol. The summed E-state index contributed by atoms with van der Waals surface area (Å²) in [4.78, 5) is 8.83. The molecule has 7 heteroatoms. The van der Waals surface area contributed by atoms with Gasteiger partial charge in [-0.3, -0.25) is 4.40 Å². The van der Waals surface area contributed by atoms with E-state index < -0.39 is 0 Å². The van der Waals surface area contributed by atoms with E-state index in [1.807, 2.05) is 31.2 Å². The molecule has 3 aromatic heterocycles. The number of nitrogens with zero attached hydrogens (tertiary/aromatic N) is 5. The standard InChI is InChI=1S/C12H13N5S2/c1-7-4-8(2)17-11(13-7)15-16-12(17)19-6-10-5-18-9(3)14-10/h4-5H,6H2,1-3H3. The molecule has 0 spiro atoms. The second-order valence-corrected chi connectivity index (χ2v) is 6.31. The van der Waals surface area contributed by atoms with Gasteiger partial charge in [-0.15, -0.1) is 21.5 Å². The number of hydrogen-bond donors (Lipinski definition) is 0. The van der Waals surface area contributed by atoms with E-state index in [4.69, 9.17) is 0 Å². The molecular weight excluding hydrogens is 278 g/mol. The molecule has 3 aromatic rings. The van der Waals surface area contributed by atoms with Crippen LogP contribution in [0.2, 0.25) is 0 Å². The second kappa shape index (κ2) is 4.90. The van der Waals surface area contributed by atoms with Gasteiger partial charge in [-0.1, -0.05) is 11.8 Å². The Bertz CT molecular complexity index is 731. The van der Waals surface area contributed by atoms with Crippen LogP contribution in [0.4, 0.5) is 0 Å². The molecule has 0 aliphatic rings. The highest BCUT2D eigenvalue weighted by atomic mass is 32.2. The van der Waals surface area contributed by atoms with Crippen molar-refractivity contribution < 1.29 is 0 Å². The molecule has 3 rings (SSSR count). The van der Waals surface area contributed by atoms with Crippen molar-refractivity contribution in [3.8, 4) is 0 Å². The fourth-order valence-corrected chi connectivity index (χ4v) is 3.50. The van der Waals surface area contributed by atoms with Crippen molar-refractivity contribution in [2.75, 3.05) is 0 Å². The van der Waals surface area contributed by atoms with Crippen LogP contribution in [0.25, 0.3) is 5.78 Å². The second-order valence-electron chi connectivity index (χ2n) is 4.30. The summed E-state index contributed by atoms with van der Waals surface area (Å²) in [5.74, 6) is 1.47. The lowest BCUT2D eigenvalue weighted by molar-refractivity contribution is 0.885. The largest absolute Gasteiger partial charge is 0.259 e. The van der Waals surface area contributed by atoms with Crippen LogP contribution in [0.3, 0.4) is 0 Å². The predicted molar refractivity (Wildman–Crippen MR) is 76.7 cm³/mol. The summed E-state index contributed by atoms with van der Waals surface area (Å²) >= 11 is 3.31. The molecule has 0 fully saturated rings. The molecule has 0 aromatic carbocycles. The lowest BCUT2D eigenvalue weighted by atomic mass is 10.3.